The first kappa shape index (κ1) is 21.8. The minimum Gasteiger partial charge on any atom is -0.488 e. The fourth-order valence-electron chi connectivity index (χ4n) is 4.12. The van der Waals surface area contributed by atoms with Gasteiger partial charge in [-0.15, -0.1) is 0 Å². The van der Waals surface area contributed by atoms with E-state index in [0.717, 1.165) is 5.56 Å². The van der Waals surface area contributed by atoms with Crippen LogP contribution >= 0.6 is 0 Å². The van der Waals surface area contributed by atoms with Crippen molar-refractivity contribution in [1.82, 2.24) is 5.32 Å². The number of carbonyl (C=O) groups excluding carboxylic acids is 2. The number of carbonyl (C=O) groups is 2. The highest BCUT2D eigenvalue weighted by Crippen LogP contribution is 2.37. The van der Waals surface area contributed by atoms with Gasteiger partial charge in [0.15, 0.2) is 23.1 Å². The van der Waals surface area contributed by atoms with Crippen LogP contribution < -0.4 is 24.4 Å². The molecule has 2 unspecified atom stereocenters. The van der Waals surface area contributed by atoms with Crippen molar-refractivity contribution < 1.29 is 28.2 Å². The predicted octanol–water partition coefficient (Wildman–Crippen LogP) is 3.84. The third-order valence-electron chi connectivity index (χ3n) is 5.92. The van der Waals surface area contributed by atoms with E-state index < -0.39 is 17.8 Å². The van der Waals surface area contributed by atoms with Crippen molar-refractivity contribution in [2.24, 2.45) is 5.92 Å². The lowest BCUT2D eigenvalue weighted by Crippen LogP contribution is -2.38. The number of benzene rings is 3. The lowest BCUT2D eigenvalue weighted by Gasteiger charge is -2.22. The van der Waals surface area contributed by atoms with E-state index in [1.165, 1.54) is 12.1 Å². The number of amides is 2. The van der Waals surface area contributed by atoms with Gasteiger partial charge in [0.1, 0.15) is 6.61 Å². The lowest BCUT2D eigenvalue weighted by molar-refractivity contribution is -0.127. The molecule has 2 aliphatic rings. The van der Waals surface area contributed by atoms with Crippen LogP contribution in [0.3, 0.4) is 0 Å². The van der Waals surface area contributed by atoms with Crippen LogP contribution in [0.15, 0.2) is 72.8 Å². The zero-order valence-corrected chi connectivity index (χ0v) is 18.3. The highest BCUT2D eigenvalue weighted by molar-refractivity contribution is 6.00. The fraction of sp³-hybridized carbons (Fsp3) is 0.231. The Morgan fingerprint density at radius 3 is 2.65 bits per heavy atom. The van der Waals surface area contributed by atoms with Crippen LogP contribution in [0.25, 0.3) is 0 Å². The Labute approximate surface area is 196 Å². The zero-order valence-electron chi connectivity index (χ0n) is 18.3. The minimum atomic E-state index is -0.530. The Balaban J connectivity index is 1.28. The molecule has 0 aromatic heterocycles. The second-order valence-electron chi connectivity index (χ2n) is 8.16. The maximum absolute atomic E-state index is 14.0. The van der Waals surface area contributed by atoms with Crippen LogP contribution in [0.1, 0.15) is 18.0 Å². The number of nitrogens with zero attached hydrogens (tertiary/aromatic N) is 1. The average Bonchev–Trinajstić information content (AvgIpc) is 3.49. The molecule has 3 aromatic rings. The molecule has 3 aromatic carbocycles. The molecular formula is C26H23FN2O5. The van der Waals surface area contributed by atoms with Crippen molar-refractivity contribution in [1.29, 1.82) is 0 Å². The Kier molecular flexibility index (Phi) is 6.03. The van der Waals surface area contributed by atoms with Crippen LogP contribution in [-0.2, 0) is 9.59 Å². The van der Waals surface area contributed by atoms with Gasteiger partial charge < -0.3 is 24.4 Å². The van der Waals surface area contributed by atoms with Crippen LogP contribution in [-0.4, -0.2) is 31.8 Å². The van der Waals surface area contributed by atoms with Crippen LogP contribution in [0.4, 0.5) is 10.1 Å². The summed E-state index contributed by atoms with van der Waals surface area (Å²) in [5, 5.41) is 2.99. The third kappa shape index (κ3) is 4.52. The fourth-order valence-corrected chi connectivity index (χ4v) is 4.12. The normalized spacial score (nSPS) is 17.5. The SMILES string of the molecule is O=C(NC(COc1ccccc1F)c1ccccc1)C1CC(=O)N(c2ccc3c(c2)OCO3)C1. The topological polar surface area (TPSA) is 77.1 Å². The molecule has 1 saturated heterocycles. The molecule has 5 rings (SSSR count). The molecular weight excluding hydrogens is 439 g/mol. The van der Waals surface area contributed by atoms with Gasteiger partial charge in [0.05, 0.1) is 12.0 Å². The number of hydrogen-bond donors (Lipinski definition) is 1. The van der Waals surface area contributed by atoms with E-state index in [0.29, 0.717) is 17.2 Å². The molecule has 2 amide bonds. The van der Waals surface area contributed by atoms with Gasteiger partial charge in [0, 0.05) is 24.7 Å². The molecule has 0 bridgehead atoms. The molecule has 1 fully saturated rings. The minimum absolute atomic E-state index is 0.0449. The second-order valence-corrected chi connectivity index (χ2v) is 8.16. The first-order chi connectivity index (χ1) is 16.6. The van der Waals surface area contributed by atoms with E-state index >= 15 is 0 Å². The van der Waals surface area contributed by atoms with Gasteiger partial charge in [-0.3, -0.25) is 9.59 Å². The van der Waals surface area contributed by atoms with Crippen molar-refractivity contribution in [3.63, 3.8) is 0 Å². The molecule has 8 heteroatoms. The number of ether oxygens (including phenoxy) is 3. The number of halogens is 1. The molecule has 2 aliphatic heterocycles. The van der Waals surface area contributed by atoms with Crippen molar-refractivity contribution in [3.8, 4) is 17.2 Å². The Morgan fingerprint density at radius 2 is 1.82 bits per heavy atom. The first-order valence-corrected chi connectivity index (χ1v) is 11.0. The Morgan fingerprint density at radius 1 is 1.06 bits per heavy atom. The summed E-state index contributed by atoms with van der Waals surface area (Å²) in [4.78, 5) is 27.4. The number of para-hydroxylation sites is 1. The van der Waals surface area contributed by atoms with E-state index in [1.54, 1.807) is 35.2 Å². The molecule has 2 atom stereocenters. The first-order valence-electron chi connectivity index (χ1n) is 11.0. The summed E-state index contributed by atoms with van der Waals surface area (Å²) in [5.74, 6) is -0.0833. The lowest BCUT2D eigenvalue weighted by atomic mass is 10.0. The Hall–Kier alpha value is -4.07. The van der Waals surface area contributed by atoms with Gasteiger partial charge in [-0.1, -0.05) is 42.5 Å². The standard InChI is InChI=1S/C26H23FN2O5/c27-20-8-4-5-9-22(20)32-15-21(17-6-2-1-3-7-17)28-26(31)18-12-25(30)29(14-18)19-10-11-23-24(13-19)34-16-33-23/h1-11,13,18,21H,12,14-16H2,(H,28,31). The van der Waals surface area contributed by atoms with Gasteiger partial charge in [-0.05, 0) is 29.8 Å². The predicted molar refractivity (Wildman–Crippen MR) is 122 cm³/mol. The number of rotatable bonds is 7. The summed E-state index contributed by atoms with van der Waals surface area (Å²) >= 11 is 0. The number of hydrogen-bond acceptors (Lipinski definition) is 5. The summed E-state index contributed by atoms with van der Waals surface area (Å²) in [6.07, 6.45) is 0.0932. The van der Waals surface area contributed by atoms with Crippen molar-refractivity contribution >= 4 is 17.5 Å². The monoisotopic (exact) mass is 462 g/mol. The van der Waals surface area contributed by atoms with Crippen LogP contribution in [0.2, 0.25) is 0 Å². The summed E-state index contributed by atoms with van der Waals surface area (Å²) in [7, 11) is 0. The van der Waals surface area contributed by atoms with E-state index in [-0.39, 0.29) is 43.9 Å². The highest BCUT2D eigenvalue weighted by atomic mass is 19.1. The summed E-state index contributed by atoms with van der Waals surface area (Å²) in [5.41, 5.74) is 1.48. The van der Waals surface area contributed by atoms with Crippen LogP contribution in [0.5, 0.6) is 17.2 Å². The number of fused-ring (bicyclic) bond motifs is 1. The van der Waals surface area contributed by atoms with Gasteiger partial charge in [-0.25, -0.2) is 4.39 Å². The number of anilines is 1. The molecule has 2 heterocycles. The number of nitrogens with one attached hydrogen (secondary N) is 1. The van der Waals surface area contributed by atoms with Gasteiger partial charge in [0.25, 0.3) is 0 Å². The van der Waals surface area contributed by atoms with E-state index in [4.69, 9.17) is 14.2 Å². The summed E-state index contributed by atoms with van der Waals surface area (Å²) < 4.78 is 30.4. The maximum Gasteiger partial charge on any atom is 0.231 e. The van der Waals surface area contributed by atoms with Crippen molar-refractivity contribution in [3.05, 3.63) is 84.2 Å². The maximum atomic E-state index is 14.0. The summed E-state index contributed by atoms with van der Waals surface area (Å²) in [6, 6.07) is 20.2. The Bertz CT molecular complexity index is 1200. The van der Waals surface area contributed by atoms with Gasteiger partial charge in [-0.2, -0.15) is 0 Å². The zero-order chi connectivity index (χ0) is 23.5. The molecule has 0 saturated carbocycles. The second kappa shape index (κ2) is 9.43. The average molecular weight is 462 g/mol. The largest absolute Gasteiger partial charge is 0.488 e. The third-order valence-corrected chi connectivity index (χ3v) is 5.92. The van der Waals surface area contributed by atoms with Crippen molar-refractivity contribution in [2.45, 2.75) is 12.5 Å². The van der Waals surface area contributed by atoms with Gasteiger partial charge in [0.2, 0.25) is 18.6 Å². The van der Waals surface area contributed by atoms with E-state index in [9.17, 15) is 14.0 Å². The molecule has 0 aliphatic carbocycles. The van der Waals surface area contributed by atoms with Crippen molar-refractivity contribution in [2.75, 3.05) is 24.8 Å². The molecule has 7 nitrogen and oxygen atoms in total. The molecule has 0 spiro atoms. The smallest absolute Gasteiger partial charge is 0.231 e. The highest BCUT2D eigenvalue weighted by Gasteiger charge is 2.36. The molecule has 1 N–H and O–H groups in total. The van der Waals surface area contributed by atoms with E-state index in [2.05, 4.69) is 5.32 Å². The van der Waals surface area contributed by atoms with E-state index in [1.807, 2.05) is 30.3 Å². The molecule has 174 valence electrons. The summed E-state index contributed by atoms with van der Waals surface area (Å²) in [6.45, 7) is 0.441. The molecule has 0 radical (unpaired) electrons. The van der Waals surface area contributed by atoms with Gasteiger partial charge >= 0.3 is 0 Å². The quantitative estimate of drug-likeness (QED) is 0.577. The molecule has 34 heavy (non-hydrogen) atoms. The van der Waals surface area contributed by atoms with Crippen LogP contribution in [0, 0.1) is 11.7 Å².